The molecule has 9 rings (SSSR count). The summed E-state index contributed by atoms with van der Waals surface area (Å²) in [7, 11) is 0. The van der Waals surface area contributed by atoms with Crippen LogP contribution in [0.5, 0.6) is 0 Å². The molecule has 2 atom stereocenters. The smallest absolute Gasteiger partial charge is 0.0991 e. The van der Waals surface area contributed by atoms with Gasteiger partial charge in [0.05, 0.1) is 33.7 Å². The van der Waals surface area contributed by atoms with E-state index in [0.29, 0.717) is 11.5 Å². The number of fused-ring (bicyclic) bond motifs is 6. The summed E-state index contributed by atoms with van der Waals surface area (Å²) in [5.74, 6) is 0.640. The van der Waals surface area contributed by atoms with Crippen molar-refractivity contribution in [3.05, 3.63) is 150 Å². The largest absolute Gasteiger partial charge is 0.313 e. The summed E-state index contributed by atoms with van der Waals surface area (Å²) in [4.78, 5) is 0. The Morgan fingerprint density at radius 2 is 1.53 bits per heavy atom. The highest BCUT2D eigenvalue weighted by Crippen LogP contribution is 2.44. The first-order chi connectivity index (χ1) is 23.2. The second-order valence-electron chi connectivity index (χ2n) is 13.1. The number of hydrogen-bond donors (Lipinski definition) is 0. The van der Waals surface area contributed by atoms with Gasteiger partial charge in [0.15, 0.2) is 0 Å². The van der Waals surface area contributed by atoms with Gasteiger partial charge in [0.2, 0.25) is 0 Å². The summed E-state index contributed by atoms with van der Waals surface area (Å²) < 4.78 is 5.00. The summed E-state index contributed by atoms with van der Waals surface area (Å²) >= 11 is 0. The highest BCUT2D eigenvalue weighted by Gasteiger charge is 2.25. The average Bonchev–Trinajstić information content (AvgIpc) is 3.65. The fourth-order valence-corrected chi connectivity index (χ4v) is 8.17. The van der Waals surface area contributed by atoms with Crippen LogP contribution in [0.15, 0.2) is 134 Å². The number of rotatable bonds is 4. The van der Waals surface area contributed by atoms with Crippen LogP contribution in [0.25, 0.3) is 60.6 Å². The minimum Gasteiger partial charge on any atom is -0.313 e. The van der Waals surface area contributed by atoms with E-state index in [1.807, 2.05) is 6.07 Å². The third-order valence-electron chi connectivity index (χ3n) is 10.4. The van der Waals surface area contributed by atoms with Crippen LogP contribution in [0.4, 0.5) is 0 Å². The van der Waals surface area contributed by atoms with Gasteiger partial charge in [0.25, 0.3) is 0 Å². The molecule has 0 saturated heterocycles. The van der Waals surface area contributed by atoms with Gasteiger partial charge in [-0.1, -0.05) is 104 Å². The van der Waals surface area contributed by atoms with Gasteiger partial charge in [-0.15, -0.1) is 0 Å². The number of nitriles is 1. The van der Waals surface area contributed by atoms with Gasteiger partial charge >= 0.3 is 0 Å². The van der Waals surface area contributed by atoms with Crippen molar-refractivity contribution < 1.29 is 0 Å². The second kappa shape index (κ2) is 11.0. The van der Waals surface area contributed by atoms with Crippen LogP contribution in [-0.2, 0) is 0 Å². The Balaban J connectivity index is 1.28. The molecule has 0 fully saturated rings. The summed E-state index contributed by atoms with van der Waals surface area (Å²) in [6.07, 6.45) is 24.7. The number of benzene rings is 4. The quantitative estimate of drug-likeness (QED) is 0.197. The fraction of sp³-hybridized carbons (Fsp3) is 0.159. The lowest BCUT2D eigenvalue weighted by Gasteiger charge is -2.23. The van der Waals surface area contributed by atoms with Crippen LogP contribution < -0.4 is 0 Å². The molecule has 4 aromatic carbocycles. The summed E-state index contributed by atoms with van der Waals surface area (Å²) in [5, 5.41) is 14.7. The molecule has 3 aliphatic carbocycles. The molecule has 0 bridgehead atoms. The van der Waals surface area contributed by atoms with E-state index in [2.05, 4.69) is 150 Å². The number of nitrogens with zero attached hydrogens (tertiary/aromatic N) is 3. The molecule has 0 spiro atoms. The Hall–Kier alpha value is -5.59. The zero-order valence-electron chi connectivity index (χ0n) is 26.5. The van der Waals surface area contributed by atoms with Crippen molar-refractivity contribution in [3.63, 3.8) is 0 Å². The van der Waals surface area contributed by atoms with E-state index < -0.39 is 0 Å². The third-order valence-corrected chi connectivity index (χ3v) is 10.4. The van der Waals surface area contributed by atoms with E-state index >= 15 is 0 Å². The van der Waals surface area contributed by atoms with Crippen molar-refractivity contribution >= 4 is 60.6 Å². The monoisotopic (exact) mass is 605 g/mol. The fourth-order valence-electron chi connectivity index (χ4n) is 8.17. The molecule has 0 saturated carbocycles. The van der Waals surface area contributed by atoms with E-state index in [-0.39, 0.29) is 5.92 Å². The Labute approximate surface area is 275 Å². The van der Waals surface area contributed by atoms with Crippen molar-refractivity contribution in [2.24, 2.45) is 5.92 Å². The second-order valence-corrected chi connectivity index (χ2v) is 13.1. The molecule has 3 aliphatic rings. The molecule has 2 heterocycles. The maximum atomic E-state index is 9.76. The predicted molar refractivity (Wildman–Crippen MR) is 198 cm³/mol. The van der Waals surface area contributed by atoms with Crippen molar-refractivity contribution in [2.75, 3.05) is 0 Å². The van der Waals surface area contributed by atoms with Gasteiger partial charge < -0.3 is 9.13 Å². The molecule has 0 amide bonds. The van der Waals surface area contributed by atoms with Crippen molar-refractivity contribution in [2.45, 2.75) is 38.5 Å². The molecule has 47 heavy (non-hydrogen) atoms. The minimum absolute atomic E-state index is 0.209. The average molecular weight is 606 g/mol. The molecular weight excluding hydrogens is 571 g/mol. The molecule has 3 heteroatoms. The van der Waals surface area contributed by atoms with Crippen LogP contribution in [0.1, 0.15) is 55.2 Å². The zero-order valence-corrected chi connectivity index (χ0v) is 26.5. The molecular formula is C44H35N3. The lowest BCUT2D eigenvalue weighted by Crippen LogP contribution is -2.09. The number of para-hydroxylation sites is 3. The molecule has 6 aromatic rings. The Kier molecular flexibility index (Phi) is 6.50. The van der Waals surface area contributed by atoms with Crippen molar-refractivity contribution in [1.29, 1.82) is 5.26 Å². The number of aromatic nitrogens is 2. The highest BCUT2D eigenvalue weighted by molar-refractivity contribution is 6.14. The lowest BCUT2D eigenvalue weighted by molar-refractivity contribution is 0.725. The van der Waals surface area contributed by atoms with Gasteiger partial charge in [0.1, 0.15) is 0 Å². The van der Waals surface area contributed by atoms with E-state index in [4.69, 9.17) is 0 Å². The van der Waals surface area contributed by atoms with E-state index in [1.54, 1.807) is 0 Å². The van der Waals surface area contributed by atoms with Crippen LogP contribution >= 0.6 is 0 Å². The predicted octanol–water partition coefficient (Wildman–Crippen LogP) is 11.5. The third kappa shape index (κ3) is 4.32. The van der Waals surface area contributed by atoms with Gasteiger partial charge in [-0.3, -0.25) is 0 Å². The topological polar surface area (TPSA) is 33.6 Å². The normalized spacial score (nSPS) is 19.4. The Morgan fingerprint density at radius 1 is 0.723 bits per heavy atom. The molecule has 2 aromatic heterocycles. The SMILES string of the molecule is CC1CC=CC=C1n1c2ccccc2c2cccc(C3=CC(c4cccc5c6cc(C#N)ccc6n(C6=CC=CCC6)c45)CC=C3)c21. The Bertz CT molecular complexity index is 2490. The van der Waals surface area contributed by atoms with Crippen molar-refractivity contribution in [1.82, 2.24) is 9.13 Å². The summed E-state index contributed by atoms with van der Waals surface area (Å²) in [5.41, 5.74) is 12.2. The molecule has 3 nitrogen and oxygen atoms in total. The zero-order chi connectivity index (χ0) is 31.5. The molecule has 2 unspecified atom stereocenters. The van der Waals surface area contributed by atoms with Gasteiger partial charge in [0, 0.05) is 50.3 Å². The van der Waals surface area contributed by atoms with E-state index in [0.717, 1.165) is 31.1 Å². The molecule has 0 N–H and O–H groups in total. The van der Waals surface area contributed by atoms with Crippen LogP contribution in [-0.4, -0.2) is 9.13 Å². The molecule has 0 aliphatic heterocycles. The van der Waals surface area contributed by atoms with Gasteiger partial charge in [-0.05, 0) is 73.2 Å². The van der Waals surface area contributed by atoms with Gasteiger partial charge in [-0.2, -0.15) is 5.26 Å². The van der Waals surface area contributed by atoms with Crippen molar-refractivity contribution in [3.8, 4) is 6.07 Å². The Morgan fingerprint density at radius 3 is 2.38 bits per heavy atom. The maximum absolute atomic E-state index is 9.76. The first-order valence-corrected chi connectivity index (χ1v) is 16.8. The maximum Gasteiger partial charge on any atom is 0.0991 e. The molecule has 0 radical (unpaired) electrons. The first kappa shape index (κ1) is 27.7. The van der Waals surface area contributed by atoms with Crippen LogP contribution in [0, 0.1) is 17.2 Å². The standard InChI is InChI=1S/C44H35N3/c1-29-12-5-7-22-40(29)47-41-23-8-6-17-36(41)37-20-10-19-35(44(37)47)32-14-9-13-31(27-32)34-18-11-21-38-39-26-30(28-45)24-25-42(39)46(43(34)38)33-15-3-2-4-16-33/h2-3,5-11,14-15,17-27,29,31H,4,12-13,16H2,1H3. The lowest BCUT2D eigenvalue weighted by atomic mass is 9.86. The van der Waals surface area contributed by atoms with Crippen LogP contribution in [0.3, 0.4) is 0 Å². The highest BCUT2D eigenvalue weighted by atomic mass is 15.0. The summed E-state index contributed by atoms with van der Waals surface area (Å²) in [6.45, 7) is 2.34. The summed E-state index contributed by atoms with van der Waals surface area (Å²) in [6, 6.07) is 30.9. The number of hydrogen-bond acceptors (Lipinski definition) is 1. The van der Waals surface area contributed by atoms with Gasteiger partial charge in [-0.25, -0.2) is 0 Å². The van der Waals surface area contributed by atoms with Crippen LogP contribution in [0.2, 0.25) is 0 Å². The molecule has 226 valence electrons. The van der Waals surface area contributed by atoms with E-state index in [1.165, 1.54) is 66.3 Å². The minimum atomic E-state index is 0.209. The number of allylic oxidation sites excluding steroid dienone is 12. The first-order valence-electron chi connectivity index (χ1n) is 16.8. The van der Waals surface area contributed by atoms with E-state index in [9.17, 15) is 5.26 Å².